The van der Waals surface area contributed by atoms with E-state index in [4.69, 9.17) is 5.73 Å². The Morgan fingerprint density at radius 2 is 2.15 bits per heavy atom. The largest absolute Gasteiger partial charge is 0.399 e. The predicted octanol–water partition coefficient (Wildman–Crippen LogP) is 2.60. The normalized spacial score (nSPS) is 20.6. The third-order valence-corrected chi connectivity index (χ3v) is 5.01. The number of nitrogens with two attached hydrogens (primary N) is 1. The van der Waals surface area contributed by atoms with Crippen LogP contribution in [0.5, 0.6) is 0 Å². The van der Waals surface area contributed by atoms with Gasteiger partial charge >= 0.3 is 0 Å². The van der Waals surface area contributed by atoms with Gasteiger partial charge in [0.1, 0.15) is 0 Å². The number of benzene rings is 1. The molecule has 1 aliphatic heterocycles. The van der Waals surface area contributed by atoms with E-state index in [-0.39, 0.29) is 29.5 Å². The topological polar surface area (TPSA) is 63.4 Å². The first-order valence-electron chi connectivity index (χ1n) is 6.82. The zero-order valence-electron chi connectivity index (χ0n) is 12.1. The van der Waals surface area contributed by atoms with Crippen LogP contribution in [0.1, 0.15) is 32.3 Å². The number of amides is 2. The van der Waals surface area contributed by atoms with Gasteiger partial charge in [-0.1, -0.05) is 6.92 Å². The third-order valence-electron chi connectivity index (χ3n) is 3.64. The molecule has 2 rings (SSSR count). The van der Waals surface area contributed by atoms with Gasteiger partial charge in [0.2, 0.25) is 11.8 Å². The number of nitrogens with zero attached hydrogens (tertiary/aromatic N) is 1. The van der Waals surface area contributed by atoms with E-state index in [0.717, 1.165) is 16.9 Å². The van der Waals surface area contributed by atoms with Crippen LogP contribution >= 0.6 is 11.8 Å². The molecular weight excluding hydrogens is 272 g/mol. The Balaban J connectivity index is 2.15. The SMILES string of the molecule is CCC(C)N1C(=O)CC(Sc2ccc(N)cc2C)C1=O. The summed E-state index contributed by atoms with van der Waals surface area (Å²) in [4.78, 5) is 26.8. The van der Waals surface area contributed by atoms with E-state index in [9.17, 15) is 9.59 Å². The minimum Gasteiger partial charge on any atom is -0.399 e. The van der Waals surface area contributed by atoms with Crippen LogP contribution in [0.25, 0.3) is 0 Å². The number of anilines is 1. The number of likely N-dealkylation sites (tertiary alicyclic amines) is 1. The van der Waals surface area contributed by atoms with Crippen LogP contribution in [0.4, 0.5) is 5.69 Å². The highest BCUT2D eigenvalue weighted by Crippen LogP contribution is 2.34. The maximum absolute atomic E-state index is 12.4. The Kier molecular flexibility index (Phi) is 4.38. The molecule has 0 aromatic heterocycles. The van der Waals surface area contributed by atoms with Crippen LogP contribution in [-0.2, 0) is 9.59 Å². The molecule has 1 aromatic carbocycles. The van der Waals surface area contributed by atoms with Crippen LogP contribution in [0.15, 0.2) is 23.1 Å². The van der Waals surface area contributed by atoms with E-state index < -0.39 is 0 Å². The Bertz CT molecular complexity index is 545. The van der Waals surface area contributed by atoms with Gasteiger partial charge in [0, 0.05) is 23.0 Å². The highest BCUT2D eigenvalue weighted by molar-refractivity contribution is 8.00. The van der Waals surface area contributed by atoms with Gasteiger partial charge in [-0.25, -0.2) is 0 Å². The molecule has 20 heavy (non-hydrogen) atoms. The number of carbonyl (C=O) groups excluding carboxylic acids is 2. The fraction of sp³-hybridized carbons (Fsp3) is 0.467. The molecule has 5 heteroatoms. The van der Waals surface area contributed by atoms with Gasteiger partial charge in [0.25, 0.3) is 0 Å². The molecule has 1 saturated heterocycles. The lowest BCUT2D eigenvalue weighted by Gasteiger charge is -2.21. The second-order valence-electron chi connectivity index (χ2n) is 5.19. The number of carbonyl (C=O) groups is 2. The Morgan fingerprint density at radius 1 is 1.45 bits per heavy atom. The third kappa shape index (κ3) is 2.82. The second kappa shape index (κ2) is 5.87. The van der Waals surface area contributed by atoms with Crippen LogP contribution in [-0.4, -0.2) is 28.0 Å². The van der Waals surface area contributed by atoms with E-state index in [1.54, 1.807) is 0 Å². The first kappa shape index (κ1) is 14.9. The van der Waals surface area contributed by atoms with E-state index in [1.807, 2.05) is 39.0 Å². The van der Waals surface area contributed by atoms with Crippen molar-refractivity contribution < 1.29 is 9.59 Å². The van der Waals surface area contributed by atoms with Crippen LogP contribution in [0.3, 0.4) is 0 Å². The van der Waals surface area contributed by atoms with Crippen molar-refractivity contribution in [3.63, 3.8) is 0 Å². The number of aryl methyl sites for hydroxylation is 1. The summed E-state index contributed by atoms with van der Waals surface area (Å²) in [5.41, 5.74) is 7.48. The average molecular weight is 292 g/mol. The van der Waals surface area contributed by atoms with E-state index in [0.29, 0.717) is 5.69 Å². The van der Waals surface area contributed by atoms with Crippen molar-refractivity contribution in [3.8, 4) is 0 Å². The Morgan fingerprint density at radius 3 is 2.75 bits per heavy atom. The van der Waals surface area contributed by atoms with Crippen molar-refractivity contribution >= 4 is 29.3 Å². The Labute approximate surface area is 123 Å². The first-order valence-corrected chi connectivity index (χ1v) is 7.70. The molecule has 0 radical (unpaired) electrons. The molecule has 1 aromatic rings. The van der Waals surface area contributed by atoms with Crippen LogP contribution in [0, 0.1) is 6.92 Å². The monoisotopic (exact) mass is 292 g/mol. The minimum atomic E-state index is -0.307. The predicted molar refractivity (Wildman–Crippen MR) is 81.5 cm³/mol. The summed E-state index contributed by atoms with van der Waals surface area (Å²) in [7, 11) is 0. The summed E-state index contributed by atoms with van der Waals surface area (Å²) in [6.45, 7) is 5.86. The van der Waals surface area contributed by atoms with Gasteiger partial charge in [-0.3, -0.25) is 14.5 Å². The summed E-state index contributed by atoms with van der Waals surface area (Å²) < 4.78 is 0. The molecule has 1 heterocycles. The average Bonchev–Trinajstić information content (AvgIpc) is 2.67. The van der Waals surface area contributed by atoms with Gasteiger partial charge in [-0.05, 0) is 44.0 Å². The van der Waals surface area contributed by atoms with Gasteiger partial charge in [0.05, 0.1) is 5.25 Å². The van der Waals surface area contributed by atoms with Crippen LogP contribution in [0.2, 0.25) is 0 Å². The van der Waals surface area contributed by atoms with Crippen molar-refractivity contribution in [2.24, 2.45) is 0 Å². The van der Waals surface area contributed by atoms with Crippen molar-refractivity contribution in [2.45, 2.75) is 49.8 Å². The number of hydrogen-bond donors (Lipinski definition) is 1. The minimum absolute atomic E-state index is 0.0203. The molecule has 0 saturated carbocycles. The summed E-state index contributed by atoms with van der Waals surface area (Å²) in [6.07, 6.45) is 1.08. The summed E-state index contributed by atoms with van der Waals surface area (Å²) >= 11 is 1.46. The molecule has 108 valence electrons. The zero-order valence-corrected chi connectivity index (χ0v) is 12.9. The summed E-state index contributed by atoms with van der Waals surface area (Å²) in [5.74, 6) is -0.125. The van der Waals surface area contributed by atoms with Crippen molar-refractivity contribution in [2.75, 3.05) is 5.73 Å². The van der Waals surface area contributed by atoms with Crippen molar-refractivity contribution in [3.05, 3.63) is 23.8 Å². The fourth-order valence-electron chi connectivity index (χ4n) is 2.32. The smallest absolute Gasteiger partial charge is 0.243 e. The fourth-order valence-corrected chi connectivity index (χ4v) is 3.46. The zero-order chi connectivity index (χ0) is 14.9. The summed E-state index contributed by atoms with van der Waals surface area (Å²) in [5, 5.41) is -0.307. The molecule has 4 nitrogen and oxygen atoms in total. The lowest BCUT2D eigenvalue weighted by atomic mass is 10.2. The highest BCUT2D eigenvalue weighted by atomic mass is 32.2. The van der Waals surface area contributed by atoms with E-state index in [2.05, 4.69) is 0 Å². The lowest BCUT2D eigenvalue weighted by molar-refractivity contribution is -0.140. The Hall–Kier alpha value is -1.49. The maximum atomic E-state index is 12.4. The van der Waals surface area contributed by atoms with Crippen molar-refractivity contribution in [1.82, 2.24) is 4.90 Å². The standard InChI is InChI=1S/C15H20N2O2S/c1-4-10(3)17-14(18)8-13(15(17)19)20-12-6-5-11(16)7-9(12)2/h5-7,10,13H,4,8,16H2,1-3H3. The van der Waals surface area contributed by atoms with Gasteiger partial charge < -0.3 is 5.73 Å². The second-order valence-corrected chi connectivity index (χ2v) is 6.44. The number of imide groups is 1. The molecule has 0 aliphatic carbocycles. The molecule has 2 atom stereocenters. The highest BCUT2D eigenvalue weighted by Gasteiger charge is 2.41. The number of nitrogen functional groups attached to an aromatic ring is 1. The summed E-state index contributed by atoms with van der Waals surface area (Å²) in [6, 6.07) is 5.60. The molecule has 0 bridgehead atoms. The molecule has 1 fully saturated rings. The molecular formula is C15H20N2O2S. The van der Waals surface area contributed by atoms with E-state index >= 15 is 0 Å². The molecule has 2 unspecified atom stereocenters. The van der Waals surface area contributed by atoms with Gasteiger partial charge in [-0.2, -0.15) is 0 Å². The maximum Gasteiger partial charge on any atom is 0.243 e. The van der Waals surface area contributed by atoms with Gasteiger partial charge in [0.15, 0.2) is 0 Å². The number of thioether (sulfide) groups is 1. The van der Waals surface area contributed by atoms with Crippen LogP contribution < -0.4 is 5.73 Å². The van der Waals surface area contributed by atoms with Gasteiger partial charge in [-0.15, -0.1) is 11.8 Å². The molecule has 1 aliphatic rings. The van der Waals surface area contributed by atoms with Crippen molar-refractivity contribution in [1.29, 1.82) is 0 Å². The molecule has 2 N–H and O–H groups in total. The quantitative estimate of drug-likeness (QED) is 0.684. The number of rotatable bonds is 4. The van der Waals surface area contributed by atoms with E-state index in [1.165, 1.54) is 16.7 Å². The molecule has 2 amide bonds. The first-order chi connectivity index (χ1) is 9.43. The lowest BCUT2D eigenvalue weighted by Crippen LogP contribution is -2.38. The number of hydrogen-bond acceptors (Lipinski definition) is 4. The molecule has 0 spiro atoms.